The Kier molecular flexibility index (Phi) is 2.56. The Morgan fingerprint density at radius 1 is 1.05 bits per heavy atom. The summed E-state index contributed by atoms with van der Waals surface area (Å²) < 4.78 is 3.18. The van der Waals surface area contributed by atoms with Gasteiger partial charge in [0, 0.05) is 24.6 Å². The van der Waals surface area contributed by atoms with Crippen LogP contribution in [-0.4, -0.2) is 9.67 Å². The molecule has 0 aliphatic rings. The minimum atomic E-state index is -0.229. The maximum Gasteiger partial charge on any atom is 0.327 e. The summed E-state index contributed by atoms with van der Waals surface area (Å²) in [6, 6.07) is 12.8. The van der Waals surface area contributed by atoms with Crippen molar-refractivity contribution < 1.29 is 9.67 Å². The van der Waals surface area contributed by atoms with Crippen LogP contribution in [0.5, 0.6) is 5.75 Å². The van der Waals surface area contributed by atoms with E-state index in [-0.39, 0.29) is 17.0 Å². The van der Waals surface area contributed by atoms with Gasteiger partial charge in [-0.2, -0.15) is 4.57 Å². The minimum absolute atomic E-state index is 0.00917. The fourth-order valence-electron chi connectivity index (χ4n) is 2.24. The predicted octanol–water partition coefficient (Wildman–Crippen LogP) is 1.52. The summed E-state index contributed by atoms with van der Waals surface area (Å²) in [7, 11) is 1.71. The fraction of sp³-hybridized carbons (Fsp3) is 0.0667. The highest BCUT2D eigenvalue weighted by molar-refractivity contribution is 5.87. The van der Waals surface area contributed by atoms with Crippen LogP contribution in [-0.2, 0) is 7.05 Å². The maximum absolute atomic E-state index is 12.4. The van der Waals surface area contributed by atoms with Gasteiger partial charge in [0.1, 0.15) is 0 Å². The summed E-state index contributed by atoms with van der Waals surface area (Å²) in [5, 5.41) is 11.0. The second-order valence-corrected chi connectivity index (χ2v) is 4.36. The first-order chi connectivity index (χ1) is 9.20. The number of nitrogens with zero attached hydrogens (tertiary/aromatic N) is 2. The van der Waals surface area contributed by atoms with E-state index in [1.165, 1.54) is 0 Å². The molecule has 0 atom stereocenters. The molecule has 2 aromatic heterocycles. The summed E-state index contributed by atoms with van der Waals surface area (Å²) in [4.78, 5) is 12.4. The fourth-order valence-corrected chi connectivity index (χ4v) is 2.24. The quantitative estimate of drug-likeness (QED) is 0.668. The third-order valence-corrected chi connectivity index (χ3v) is 3.23. The second-order valence-electron chi connectivity index (χ2n) is 4.36. The van der Waals surface area contributed by atoms with Crippen LogP contribution >= 0.6 is 0 Å². The summed E-state index contributed by atoms with van der Waals surface area (Å²) in [5.74, 6) is 0.00917. The van der Waals surface area contributed by atoms with Crippen LogP contribution in [0.15, 0.2) is 59.7 Å². The summed E-state index contributed by atoms with van der Waals surface area (Å²) in [6.07, 6.45) is 3.48. The van der Waals surface area contributed by atoms with Crippen molar-refractivity contribution in [3.63, 3.8) is 0 Å². The molecule has 0 aliphatic carbocycles. The molecule has 0 radical (unpaired) electrons. The minimum Gasteiger partial charge on any atom is -0.502 e. The van der Waals surface area contributed by atoms with Crippen LogP contribution in [0, 0.1) is 0 Å². The summed E-state index contributed by atoms with van der Waals surface area (Å²) >= 11 is 0. The smallest absolute Gasteiger partial charge is 0.327 e. The third-order valence-electron chi connectivity index (χ3n) is 3.23. The monoisotopic (exact) mass is 253 g/mol. The van der Waals surface area contributed by atoms with Crippen molar-refractivity contribution in [2.75, 3.05) is 0 Å². The number of aromatic hydroxyl groups is 1. The van der Waals surface area contributed by atoms with Gasteiger partial charge in [0.05, 0.1) is 5.52 Å². The first-order valence-corrected chi connectivity index (χ1v) is 5.97. The van der Waals surface area contributed by atoms with Crippen LogP contribution in [0.25, 0.3) is 16.6 Å². The van der Waals surface area contributed by atoms with Crippen molar-refractivity contribution in [3.05, 3.63) is 65.2 Å². The molecular weight excluding hydrogens is 240 g/mol. The lowest BCUT2D eigenvalue weighted by Gasteiger charge is -2.07. The number of rotatable bonds is 1. The van der Waals surface area contributed by atoms with E-state index in [0.717, 1.165) is 0 Å². The first kappa shape index (κ1) is 11.5. The number of hydrogen-bond donors (Lipinski definition) is 1. The zero-order valence-electron chi connectivity index (χ0n) is 10.4. The zero-order chi connectivity index (χ0) is 13.4. The Bertz CT molecular complexity index is 807. The number of benzene rings is 1. The normalized spacial score (nSPS) is 10.8. The van der Waals surface area contributed by atoms with Crippen LogP contribution < -0.4 is 10.1 Å². The Labute approximate surface area is 109 Å². The number of aryl methyl sites for hydroxylation is 1. The topological polar surface area (TPSA) is 46.1 Å². The standard InChI is InChI=1S/C15H12N2O2/c1-16-12-8-4-3-7-11(12)14(18)13(15(16)19)17-9-5-2-6-10-17/h2-10H,1H3/p+1. The van der Waals surface area contributed by atoms with Crippen LogP contribution in [0.2, 0.25) is 0 Å². The van der Waals surface area contributed by atoms with E-state index >= 15 is 0 Å². The molecule has 94 valence electrons. The highest BCUT2D eigenvalue weighted by Gasteiger charge is 2.22. The van der Waals surface area contributed by atoms with E-state index in [1.54, 1.807) is 34.6 Å². The van der Waals surface area contributed by atoms with Crippen molar-refractivity contribution in [1.29, 1.82) is 0 Å². The van der Waals surface area contributed by atoms with Gasteiger partial charge in [-0.1, -0.05) is 18.2 Å². The van der Waals surface area contributed by atoms with Crippen molar-refractivity contribution in [2.45, 2.75) is 0 Å². The SMILES string of the molecule is Cn1c(=O)c(-[n+]2ccccc2)c(O)c2ccccc21. The molecule has 1 N–H and O–H groups in total. The molecule has 4 heteroatoms. The lowest BCUT2D eigenvalue weighted by Crippen LogP contribution is -2.38. The number of aromatic nitrogens is 2. The van der Waals surface area contributed by atoms with E-state index in [0.29, 0.717) is 10.9 Å². The van der Waals surface area contributed by atoms with E-state index in [2.05, 4.69) is 0 Å². The largest absolute Gasteiger partial charge is 0.502 e. The van der Waals surface area contributed by atoms with Crippen molar-refractivity contribution in [2.24, 2.45) is 7.05 Å². The Balaban J connectivity index is 2.48. The Hall–Kier alpha value is -2.62. The molecule has 0 unspecified atom stereocenters. The van der Waals surface area contributed by atoms with E-state index < -0.39 is 0 Å². The molecule has 0 amide bonds. The number of pyridine rings is 2. The maximum atomic E-state index is 12.4. The zero-order valence-corrected chi connectivity index (χ0v) is 10.4. The summed E-state index contributed by atoms with van der Waals surface area (Å²) in [5.41, 5.74) is 0.750. The number of hydrogen-bond acceptors (Lipinski definition) is 2. The van der Waals surface area contributed by atoms with Gasteiger partial charge in [0.2, 0.25) is 5.75 Å². The molecular formula is C15H13N2O2+. The van der Waals surface area contributed by atoms with Gasteiger partial charge in [-0.3, -0.25) is 4.79 Å². The molecule has 0 fully saturated rings. The van der Waals surface area contributed by atoms with Crippen LogP contribution in [0.1, 0.15) is 0 Å². The molecule has 19 heavy (non-hydrogen) atoms. The summed E-state index contributed by atoms with van der Waals surface area (Å²) in [6.45, 7) is 0. The molecule has 3 rings (SSSR count). The second kappa shape index (κ2) is 4.24. The average molecular weight is 253 g/mol. The molecule has 0 saturated heterocycles. The molecule has 0 aliphatic heterocycles. The van der Waals surface area contributed by atoms with Crippen molar-refractivity contribution in [1.82, 2.24) is 4.57 Å². The van der Waals surface area contributed by atoms with Gasteiger partial charge in [-0.05, 0) is 12.1 Å². The average Bonchev–Trinajstić information content (AvgIpc) is 2.46. The molecule has 0 bridgehead atoms. The molecule has 1 aromatic carbocycles. The number of fused-ring (bicyclic) bond motifs is 1. The van der Waals surface area contributed by atoms with Crippen molar-refractivity contribution >= 4 is 10.9 Å². The Morgan fingerprint density at radius 2 is 1.74 bits per heavy atom. The molecule has 3 aromatic rings. The lowest BCUT2D eigenvalue weighted by atomic mass is 10.1. The van der Waals surface area contributed by atoms with Gasteiger partial charge in [-0.25, -0.2) is 0 Å². The van der Waals surface area contributed by atoms with Gasteiger partial charge >= 0.3 is 11.2 Å². The molecule has 4 nitrogen and oxygen atoms in total. The van der Waals surface area contributed by atoms with Crippen molar-refractivity contribution in [3.8, 4) is 11.4 Å². The van der Waals surface area contributed by atoms with Crippen LogP contribution in [0.3, 0.4) is 0 Å². The van der Waals surface area contributed by atoms with Gasteiger partial charge in [-0.15, -0.1) is 0 Å². The highest BCUT2D eigenvalue weighted by Crippen LogP contribution is 2.25. The van der Waals surface area contributed by atoms with Gasteiger partial charge in [0.15, 0.2) is 12.4 Å². The van der Waals surface area contributed by atoms with Gasteiger partial charge < -0.3 is 9.67 Å². The first-order valence-electron chi connectivity index (χ1n) is 5.97. The van der Waals surface area contributed by atoms with Gasteiger partial charge in [0.25, 0.3) is 0 Å². The third kappa shape index (κ3) is 1.69. The number of para-hydroxylation sites is 1. The van der Waals surface area contributed by atoms with E-state index in [1.807, 2.05) is 36.4 Å². The molecule has 0 saturated carbocycles. The highest BCUT2D eigenvalue weighted by atomic mass is 16.3. The lowest BCUT2D eigenvalue weighted by molar-refractivity contribution is -0.597. The van der Waals surface area contributed by atoms with Crippen LogP contribution in [0.4, 0.5) is 0 Å². The van der Waals surface area contributed by atoms with E-state index in [9.17, 15) is 9.90 Å². The Morgan fingerprint density at radius 3 is 2.47 bits per heavy atom. The predicted molar refractivity (Wildman–Crippen MR) is 72.4 cm³/mol. The molecule has 2 heterocycles. The van der Waals surface area contributed by atoms with E-state index in [4.69, 9.17) is 0 Å². The molecule has 0 spiro atoms.